The number of hydrogen-bond donors (Lipinski definition) is 2. The van der Waals surface area contributed by atoms with E-state index in [-0.39, 0.29) is 0 Å². The fourth-order valence-electron chi connectivity index (χ4n) is 2.66. The molecule has 2 N–H and O–H groups in total. The Hall–Kier alpha value is -0.980. The van der Waals surface area contributed by atoms with Crippen LogP contribution in [0, 0.1) is 0 Å². The van der Waals surface area contributed by atoms with Crippen molar-refractivity contribution < 1.29 is 10.2 Å². The van der Waals surface area contributed by atoms with E-state index >= 15 is 0 Å². The number of nitrogens with zero attached hydrogens (tertiary/aromatic N) is 4. The molecule has 1 fully saturated rings. The third-order valence-electron chi connectivity index (χ3n) is 3.64. The third-order valence-corrected chi connectivity index (χ3v) is 3.64. The molecule has 3 heterocycles. The summed E-state index contributed by atoms with van der Waals surface area (Å²) < 4.78 is 2.18. The lowest BCUT2D eigenvalue weighted by Crippen LogP contribution is -2.24. The second-order valence-corrected chi connectivity index (χ2v) is 4.97. The molecule has 94 valence electrons. The maximum absolute atomic E-state index is 9.50. The molecule has 0 aromatic carbocycles. The number of aliphatic hydroxyl groups excluding tert-OH is 2. The van der Waals surface area contributed by atoms with Gasteiger partial charge < -0.3 is 14.8 Å². The highest BCUT2D eigenvalue weighted by molar-refractivity contribution is 5.00. The molecule has 1 saturated heterocycles. The van der Waals surface area contributed by atoms with E-state index in [2.05, 4.69) is 14.8 Å². The third kappa shape index (κ3) is 2.08. The predicted molar refractivity (Wildman–Crippen MR) is 60.3 cm³/mol. The average Bonchev–Trinajstić information content (AvgIpc) is 2.85. The Morgan fingerprint density at radius 3 is 2.65 bits per heavy atom. The van der Waals surface area contributed by atoms with E-state index in [0.717, 1.165) is 24.6 Å². The fourth-order valence-corrected chi connectivity index (χ4v) is 2.66. The first-order chi connectivity index (χ1) is 8.24. The predicted octanol–water partition coefficient (Wildman–Crippen LogP) is -0.848. The van der Waals surface area contributed by atoms with Gasteiger partial charge in [0.05, 0.1) is 18.8 Å². The summed E-state index contributed by atoms with van der Waals surface area (Å²) in [5, 5.41) is 27.4. The molecule has 1 aromatic heterocycles. The quantitative estimate of drug-likeness (QED) is 0.702. The Labute approximate surface area is 99.9 Å². The molecule has 17 heavy (non-hydrogen) atoms. The minimum atomic E-state index is -0.626. The minimum Gasteiger partial charge on any atom is -0.389 e. The normalized spacial score (nSPS) is 29.5. The van der Waals surface area contributed by atoms with Crippen molar-refractivity contribution in [2.75, 3.05) is 13.1 Å². The van der Waals surface area contributed by atoms with Crippen LogP contribution in [0.1, 0.15) is 24.5 Å². The summed E-state index contributed by atoms with van der Waals surface area (Å²) in [6, 6.07) is 0. The number of aromatic nitrogens is 3. The number of likely N-dealkylation sites (tertiary alicyclic amines) is 1. The van der Waals surface area contributed by atoms with Crippen LogP contribution in [0.15, 0.2) is 0 Å². The Bertz CT molecular complexity index is 396. The van der Waals surface area contributed by atoms with Gasteiger partial charge in [0.1, 0.15) is 11.6 Å². The number of β-amino-alcohol motifs (C(OH)–C–C–N with tert-alkyl or cyclic N) is 2. The van der Waals surface area contributed by atoms with E-state index in [1.54, 1.807) is 0 Å². The van der Waals surface area contributed by atoms with Crippen LogP contribution in [0.4, 0.5) is 0 Å². The molecule has 1 aromatic rings. The molecule has 2 atom stereocenters. The largest absolute Gasteiger partial charge is 0.389 e. The molecule has 0 amide bonds. The first-order valence-electron chi connectivity index (χ1n) is 6.23. The molecular formula is C11H18N4O2. The summed E-state index contributed by atoms with van der Waals surface area (Å²) in [5.74, 6) is 2.03. The minimum absolute atomic E-state index is 0.517. The second kappa shape index (κ2) is 4.36. The Morgan fingerprint density at radius 1 is 1.12 bits per heavy atom. The van der Waals surface area contributed by atoms with Gasteiger partial charge in [0.2, 0.25) is 0 Å². The van der Waals surface area contributed by atoms with Gasteiger partial charge in [0.25, 0.3) is 0 Å². The van der Waals surface area contributed by atoms with Gasteiger partial charge in [0, 0.05) is 26.1 Å². The van der Waals surface area contributed by atoms with Crippen molar-refractivity contribution in [3.63, 3.8) is 0 Å². The molecule has 3 rings (SSSR count). The zero-order valence-electron chi connectivity index (χ0n) is 9.79. The topological polar surface area (TPSA) is 74.4 Å². The zero-order valence-corrected chi connectivity index (χ0v) is 9.79. The van der Waals surface area contributed by atoms with E-state index in [1.807, 2.05) is 4.90 Å². The van der Waals surface area contributed by atoms with E-state index in [1.165, 1.54) is 12.8 Å². The summed E-state index contributed by atoms with van der Waals surface area (Å²) in [7, 11) is 0. The van der Waals surface area contributed by atoms with Crippen molar-refractivity contribution in [2.45, 2.75) is 44.6 Å². The van der Waals surface area contributed by atoms with Crippen LogP contribution in [0.25, 0.3) is 0 Å². The average molecular weight is 238 g/mol. The molecule has 0 saturated carbocycles. The molecule has 2 aliphatic rings. The number of rotatable bonds is 2. The van der Waals surface area contributed by atoms with Crippen molar-refractivity contribution >= 4 is 0 Å². The maximum atomic E-state index is 9.50. The number of aryl methyl sites for hydroxylation is 1. The summed E-state index contributed by atoms with van der Waals surface area (Å²) in [6.07, 6.45) is 2.14. The second-order valence-electron chi connectivity index (χ2n) is 4.97. The standard InChI is InChI=1S/C11H18N4O2/c16-8-5-14(6-9(8)17)7-11-13-12-10-3-1-2-4-15(10)11/h8-9,16-17H,1-7H2. The summed E-state index contributed by atoms with van der Waals surface area (Å²) in [4.78, 5) is 2.03. The molecule has 2 aliphatic heterocycles. The molecule has 0 spiro atoms. The van der Waals surface area contributed by atoms with Gasteiger partial charge in [-0.15, -0.1) is 10.2 Å². The van der Waals surface area contributed by atoms with Crippen LogP contribution in [0.5, 0.6) is 0 Å². The molecule has 0 radical (unpaired) electrons. The van der Waals surface area contributed by atoms with Crippen molar-refractivity contribution in [2.24, 2.45) is 0 Å². The Balaban J connectivity index is 1.71. The highest BCUT2D eigenvalue weighted by Crippen LogP contribution is 2.17. The molecule has 6 nitrogen and oxygen atoms in total. The van der Waals surface area contributed by atoms with Gasteiger partial charge in [0.15, 0.2) is 0 Å². The van der Waals surface area contributed by atoms with E-state index < -0.39 is 12.2 Å². The molecule has 2 unspecified atom stereocenters. The summed E-state index contributed by atoms with van der Waals surface area (Å²) >= 11 is 0. The fraction of sp³-hybridized carbons (Fsp3) is 0.818. The lowest BCUT2D eigenvalue weighted by atomic mass is 10.2. The molecular weight excluding hydrogens is 220 g/mol. The van der Waals surface area contributed by atoms with Gasteiger partial charge >= 0.3 is 0 Å². The lowest BCUT2D eigenvalue weighted by Gasteiger charge is -2.18. The van der Waals surface area contributed by atoms with Crippen LogP contribution >= 0.6 is 0 Å². The highest BCUT2D eigenvalue weighted by atomic mass is 16.3. The maximum Gasteiger partial charge on any atom is 0.147 e. The van der Waals surface area contributed by atoms with E-state index in [4.69, 9.17) is 0 Å². The van der Waals surface area contributed by atoms with Gasteiger partial charge in [-0.1, -0.05) is 0 Å². The van der Waals surface area contributed by atoms with Gasteiger partial charge in [-0.05, 0) is 12.8 Å². The van der Waals surface area contributed by atoms with Crippen LogP contribution in [0.3, 0.4) is 0 Å². The van der Waals surface area contributed by atoms with Crippen molar-refractivity contribution in [3.05, 3.63) is 11.6 Å². The van der Waals surface area contributed by atoms with Gasteiger partial charge in [-0.3, -0.25) is 4.90 Å². The van der Waals surface area contributed by atoms with Crippen LogP contribution in [-0.4, -0.2) is 55.2 Å². The summed E-state index contributed by atoms with van der Waals surface area (Å²) in [5.41, 5.74) is 0. The van der Waals surface area contributed by atoms with Crippen LogP contribution in [0.2, 0.25) is 0 Å². The van der Waals surface area contributed by atoms with E-state index in [0.29, 0.717) is 19.6 Å². The van der Waals surface area contributed by atoms with Crippen molar-refractivity contribution in [1.82, 2.24) is 19.7 Å². The van der Waals surface area contributed by atoms with Gasteiger partial charge in [-0.25, -0.2) is 0 Å². The number of hydrogen-bond acceptors (Lipinski definition) is 5. The van der Waals surface area contributed by atoms with Crippen LogP contribution in [-0.2, 0) is 19.5 Å². The van der Waals surface area contributed by atoms with Gasteiger partial charge in [-0.2, -0.15) is 0 Å². The molecule has 0 bridgehead atoms. The van der Waals surface area contributed by atoms with Crippen LogP contribution < -0.4 is 0 Å². The first kappa shape index (κ1) is 11.1. The SMILES string of the molecule is OC1CN(Cc2nnc3n2CCCC3)CC1O. The lowest BCUT2D eigenvalue weighted by molar-refractivity contribution is 0.0572. The molecule has 6 heteroatoms. The zero-order chi connectivity index (χ0) is 11.8. The Kier molecular flexibility index (Phi) is 2.85. The monoisotopic (exact) mass is 238 g/mol. The first-order valence-corrected chi connectivity index (χ1v) is 6.23. The smallest absolute Gasteiger partial charge is 0.147 e. The highest BCUT2D eigenvalue weighted by Gasteiger charge is 2.30. The number of fused-ring (bicyclic) bond motifs is 1. The Morgan fingerprint density at radius 2 is 1.88 bits per heavy atom. The van der Waals surface area contributed by atoms with Crippen molar-refractivity contribution in [1.29, 1.82) is 0 Å². The number of aliphatic hydroxyl groups is 2. The summed E-state index contributed by atoms with van der Waals surface area (Å²) in [6.45, 7) is 2.70. The molecule has 0 aliphatic carbocycles. The van der Waals surface area contributed by atoms with Crippen molar-refractivity contribution in [3.8, 4) is 0 Å². The van der Waals surface area contributed by atoms with E-state index in [9.17, 15) is 10.2 Å².